The van der Waals surface area contributed by atoms with E-state index in [9.17, 15) is 4.79 Å². The van der Waals surface area contributed by atoms with Crippen LogP contribution in [0.5, 0.6) is 0 Å². The number of carbonyl (C=O) groups excluding carboxylic acids is 1. The first kappa shape index (κ1) is 14.9. The predicted molar refractivity (Wildman–Crippen MR) is 91.7 cm³/mol. The van der Waals surface area contributed by atoms with Gasteiger partial charge in [0, 0.05) is 24.2 Å². The van der Waals surface area contributed by atoms with Crippen LogP contribution in [-0.4, -0.2) is 26.6 Å². The minimum atomic E-state index is 0.176. The highest BCUT2D eigenvalue weighted by Gasteiger charge is 2.30. The van der Waals surface area contributed by atoms with E-state index in [2.05, 4.69) is 4.90 Å². The third-order valence-electron chi connectivity index (χ3n) is 5.31. The van der Waals surface area contributed by atoms with E-state index in [0.717, 1.165) is 36.9 Å². The average Bonchev–Trinajstić information content (AvgIpc) is 3.32. The lowest BCUT2D eigenvalue weighted by Crippen LogP contribution is -2.38. The van der Waals surface area contributed by atoms with Gasteiger partial charge >= 0.3 is 0 Å². The molecule has 4 rings (SSSR count). The average molecular weight is 329 g/mol. The van der Waals surface area contributed by atoms with E-state index in [1.807, 2.05) is 28.6 Å². The highest BCUT2D eigenvalue weighted by atomic mass is 32.1. The smallest absolute Gasteiger partial charge is 0.255 e. The molecule has 1 amide bonds. The van der Waals surface area contributed by atoms with Gasteiger partial charge in [-0.05, 0) is 49.1 Å². The van der Waals surface area contributed by atoms with Crippen molar-refractivity contribution in [2.24, 2.45) is 7.05 Å². The van der Waals surface area contributed by atoms with Crippen molar-refractivity contribution in [3.63, 3.8) is 0 Å². The number of hydrogen-bond acceptors (Lipinski definition) is 3. The van der Waals surface area contributed by atoms with Crippen molar-refractivity contribution in [2.75, 3.05) is 0 Å². The molecule has 23 heavy (non-hydrogen) atoms. The molecule has 0 saturated heterocycles. The normalized spacial score (nSPS) is 17.6. The summed E-state index contributed by atoms with van der Waals surface area (Å²) in [6, 6.07) is 2.32. The summed E-state index contributed by atoms with van der Waals surface area (Å²) >= 11 is 1.59. The lowest BCUT2D eigenvalue weighted by molar-refractivity contribution is 0.0661. The van der Waals surface area contributed by atoms with Gasteiger partial charge in [0.15, 0.2) is 0 Å². The molecule has 2 aromatic rings. The van der Waals surface area contributed by atoms with Crippen LogP contribution < -0.4 is 0 Å². The molecule has 0 aromatic carbocycles. The summed E-state index contributed by atoms with van der Waals surface area (Å²) in [7, 11) is 2.04. The first-order chi connectivity index (χ1) is 11.2. The second-order valence-electron chi connectivity index (χ2n) is 6.73. The van der Waals surface area contributed by atoms with Crippen molar-refractivity contribution in [3.05, 3.63) is 39.3 Å². The van der Waals surface area contributed by atoms with E-state index in [4.69, 9.17) is 5.10 Å². The SMILES string of the molecule is Cn1nc(CN(C(=O)c2ccsc2)C2CCCC2)c2c1CCC2. The Hall–Kier alpha value is -1.62. The molecule has 5 heteroatoms. The summed E-state index contributed by atoms with van der Waals surface area (Å²) in [6.07, 6.45) is 8.19. The van der Waals surface area contributed by atoms with Crippen LogP contribution in [0.25, 0.3) is 0 Å². The molecule has 0 N–H and O–H groups in total. The van der Waals surface area contributed by atoms with Crippen molar-refractivity contribution < 1.29 is 4.79 Å². The first-order valence-corrected chi connectivity index (χ1v) is 9.55. The lowest BCUT2D eigenvalue weighted by Gasteiger charge is -2.28. The van der Waals surface area contributed by atoms with Crippen LogP contribution in [0.3, 0.4) is 0 Å². The molecule has 2 heterocycles. The van der Waals surface area contributed by atoms with Crippen LogP contribution in [0, 0.1) is 0 Å². The molecule has 1 fully saturated rings. The first-order valence-electron chi connectivity index (χ1n) is 8.61. The molecular weight excluding hydrogens is 306 g/mol. The monoisotopic (exact) mass is 329 g/mol. The fraction of sp³-hybridized carbons (Fsp3) is 0.556. The lowest BCUT2D eigenvalue weighted by atomic mass is 10.1. The third-order valence-corrected chi connectivity index (χ3v) is 6.00. The zero-order valence-corrected chi connectivity index (χ0v) is 14.4. The predicted octanol–water partition coefficient (Wildman–Crippen LogP) is 3.56. The van der Waals surface area contributed by atoms with Gasteiger partial charge in [0.25, 0.3) is 5.91 Å². The van der Waals surface area contributed by atoms with Gasteiger partial charge in [0.2, 0.25) is 0 Å². The van der Waals surface area contributed by atoms with Gasteiger partial charge in [-0.25, -0.2) is 0 Å². The number of hydrogen-bond donors (Lipinski definition) is 0. The van der Waals surface area contributed by atoms with Crippen molar-refractivity contribution in [1.29, 1.82) is 0 Å². The summed E-state index contributed by atoms with van der Waals surface area (Å²) in [5.41, 5.74) is 4.72. The summed E-state index contributed by atoms with van der Waals surface area (Å²) in [4.78, 5) is 15.1. The highest BCUT2D eigenvalue weighted by molar-refractivity contribution is 7.08. The molecule has 0 atom stereocenters. The molecule has 0 spiro atoms. The van der Waals surface area contributed by atoms with Crippen LogP contribution in [0.1, 0.15) is 59.4 Å². The zero-order chi connectivity index (χ0) is 15.8. The second kappa shape index (κ2) is 6.11. The van der Waals surface area contributed by atoms with Crippen molar-refractivity contribution in [3.8, 4) is 0 Å². The van der Waals surface area contributed by atoms with Gasteiger partial charge in [-0.15, -0.1) is 0 Å². The highest BCUT2D eigenvalue weighted by Crippen LogP contribution is 2.30. The van der Waals surface area contributed by atoms with Gasteiger partial charge in [-0.2, -0.15) is 16.4 Å². The Bertz CT molecular complexity index is 698. The second-order valence-corrected chi connectivity index (χ2v) is 7.51. The number of thiophene rings is 1. The Morgan fingerprint density at radius 1 is 1.35 bits per heavy atom. The summed E-state index contributed by atoms with van der Waals surface area (Å²) in [6.45, 7) is 0.669. The van der Waals surface area contributed by atoms with E-state index >= 15 is 0 Å². The Labute approximate surface area is 141 Å². The van der Waals surface area contributed by atoms with Crippen LogP contribution >= 0.6 is 11.3 Å². The fourth-order valence-electron chi connectivity index (χ4n) is 4.12. The van der Waals surface area contributed by atoms with Crippen LogP contribution in [-0.2, 0) is 26.4 Å². The molecule has 0 bridgehead atoms. The number of aryl methyl sites for hydroxylation is 1. The molecule has 2 aliphatic rings. The van der Waals surface area contributed by atoms with Gasteiger partial charge < -0.3 is 4.90 Å². The topological polar surface area (TPSA) is 38.1 Å². The van der Waals surface area contributed by atoms with E-state index in [1.54, 1.807) is 11.3 Å². The number of rotatable bonds is 4. The molecule has 122 valence electrons. The number of amides is 1. The van der Waals surface area contributed by atoms with E-state index < -0.39 is 0 Å². The Morgan fingerprint density at radius 3 is 2.91 bits per heavy atom. The number of aromatic nitrogens is 2. The Balaban J connectivity index is 1.63. The zero-order valence-electron chi connectivity index (χ0n) is 13.6. The maximum Gasteiger partial charge on any atom is 0.255 e. The minimum Gasteiger partial charge on any atom is -0.330 e. The maximum absolute atomic E-state index is 13.0. The van der Waals surface area contributed by atoms with Crippen molar-refractivity contribution >= 4 is 17.2 Å². The Morgan fingerprint density at radius 2 is 2.17 bits per heavy atom. The fourth-order valence-corrected chi connectivity index (χ4v) is 4.75. The molecule has 0 aliphatic heterocycles. The molecule has 4 nitrogen and oxygen atoms in total. The minimum absolute atomic E-state index is 0.176. The third kappa shape index (κ3) is 2.71. The molecule has 0 unspecified atom stereocenters. The molecular formula is C18H23N3OS. The summed E-state index contributed by atoms with van der Waals surface area (Å²) < 4.78 is 2.03. The van der Waals surface area contributed by atoms with Gasteiger partial charge in [-0.3, -0.25) is 9.48 Å². The maximum atomic E-state index is 13.0. The van der Waals surface area contributed by atoms with Crippen molar-refractivity contribution in [1.82, 2.24) is 14.7 Å². The Kier molecular flexibility index (Phi) is 3.97. The molecule has 2 aromatic heterocycles. The van der Waals surface area contributed by atoms with Crippen LogP contribution in [0.4, 0.5) is 0 Å². The number of nitrogens with zero attached hydrogens (tertiary/aromatic N) is 3. The largest absolute Gasteiger partial charge is 0.330 e. The van der Waals surface area contributed by atoms with Gasteiger partial charge in [0.1, 0.15) is 0 Å². The van der Waals surface area contributed by atoms with E-state index in [-0.39, 0.29) is 5.91 Å². The molecule has 0 radical (unpaired) electrons. The standard InChI is InChI=1S/C18H23N3OS/c1-20-17-8-4-7-15(17)16(19-20)11-21(14-5-2-3-6-14)18(22)13-9-10-23-12-13/h9-10,12,14H,2-8,11H2,1H3. The summed E-state index contributed by atoms with van der Waals surface area (Å²) in [5, 5.41) is 8.68. The van der Waals surface area contributed by atoms with Crippen molar-refractivity contribution in [2.45, 2.75) is 57.5 Å². The van der Waals surface area contributed by atoms with Crippen LogP contribution in [0.2, 0.25) is 0 Å². The van der Waals surface area contributed by atoms with Crippen LogP contribution in [0.15, 0.2) is 16.8 Å². The number of fused-ring (bicyclic) bond motifs is 1. The van der Waals surface area contributed by atoms with Gasteiger partial charge in [0.05, 0.1) is 17.8 Å². The summed E-state index contributed by atoms with van der Waals surface area (Å²) in [5.74, 6) is 0.176. The molecule has 1 saturated carbocycles. The van der Waals surface area contributed by atoms with E-state index in [0.29, 0.717) is 12.6 Å². The quantitative estimate of drug-likeness (QED) is 0.860. The van der Waals surface area contributed by atoms with Gasteiger partial charge in [-0.1, -0.05) is 12.8 Å². The van der Waals surface area contributed by atoms with E-state index in [1.165, 1.54) is 30.5 Å². The molecule has 2 aliphatic carbocycles. The number of carbonyl (C=O) groups is 1.